The molecule has 0 radical (unpaired) electrons. The summed E-state index contributed by atoms with van der Waals surface area (Å²) in [4.78, 5) is 17.2. The Labute approximate surface area is 107 Å². The fraction of sp³-hybridized carbons (Fsp3) is 0.400. The number of aromatic nitrogens is 1. The Morgan fingerprint density at radius 3 is 2.89 bits per heavy atom. The molecule has 1 saturated heterocycles. The van der Waals surface area contributed by atoms with Crippen LogP contribution in [0.25, 0.3) is 10.9 Å². The maximum Gasteiger partial charge on any atom is 0.222 e. The minimum absolute atomic E-state index is 0.305. The van der Waals surface area contributed by atoms with E-state index >= 15 is 0 Å². The van der Waals surface area contributed by atoms with Gasteiger partial charge in [0, 0.05) is 31.2 Å². The second-order valence-electron chi connectivity index (χ2n) is 4.99. The normalized spacial score (nSPS) is 15.4. The van der Waals surface area contributed by atoms with Crippen LogP contribution in [0.4, 0.5) is 0 Å². The van der Waals surface area contributed by atoms with Crippen molar-refractivity contribution in [2.24, 2.45) is 0 Å². The first kappa shape index (κ1) is 11.3. The molecule has 0 bridgehead atoms. The Balaban J connectivity index is 1.63. The van der Waals surface area contributed by atoms with Crippen LogP contribution >= 0.6 is 0 Å². The van der Waals surface area contributed by atoms with Gasteiger partial charge in [0.2, 0.25) is 5.91 Å². The summed E-state index contributed by atoms with van der Waals surface area (Å²) < 4.78 is 0. The van der Waals surface area contributed by atoms with Crippen LogP contribution in [0, 0.1) is 0 Å². The first-order chi connectivity index (χ1) is 8.83. The number of carbonyl (C=O) groups excluding carboxylic acids is 1. The molecule has 3 rings (SSSR count). The number of carbonyl (C=O) groups is 1. The molecule has 94 valence electrons. The molecule has 0 atom stereocenters. The summed E-state index contributed by atoms with van der Waals surface area (Å²) in [7, 11) is 0. The van der Waals surface area contributed by atoms with E-state index in [9.17, 15) is 4.79 Å². The van der Waals surface area contributed by atoms with E-state index in [1.165, 1.54) is 23.8 Å². The number of fused-ring (bicyclic) bond motifs is 1. The first-order valence-corrected chi connectivity index (χ1v) is 6.67. The van der Waals surface area contributed by atoms with Crippen LogP contribution in [0.1, 0.15) is 24.8 Å². The Morgan fingerprint density at radius 1 is 1.22 bits per heavy atom. The van der Waals surface area contributed by atoms with Crippen LogP contribution in [-0.4, -0.2) is 28.9 Å². The summed E-state index contributed by atoms with van der Waals surface area (Å²) in [5.74, 6) is 0.305. The third-order valence-corrected chi connectivity index (χ3v) is 3.71. The van der Waals surface area contributed by atoms with Gasteiger partial charge in [0.15, 0.2) is 0 Å². The van der Waals surface area contributed by atoms with Crippen LogP contribution in [-0.2, 0) is 11.2 Å². The van der Waals surface area contributed by atoms with Crippen molar-refractivity contribution >= 4 is 16.8 Å². The quantitative estimate of drug-likeness (QED) is 0.882. The van der Waals surface area contributed by atoms with E-state index in [1.807, 2.05) is 11.1 Å². The van der Waals surface area contributed by atoms with Crippen molar-refractivity contribution < 1.29 is 4.79 Å². The van der Waals surface area contributed by atoms with Crippen LogP contribution in [0.3, 0.4) is 0 Å². The minimum atomic E-state index is 0.305. The predicted molar refractivity (Wildman–Crippen MR) is 72.4 cm³/mol. The van der Waals surface area contributed by atoms with Crippen molar-refractivity contribution in [3.63, 3.8) is 0 Å². The van der Waals surface area contributed by atoms with E-state index in [1.54, 1.807) is 0 Å². The van der Waals surface area contributed by atoms with E-state index in [-0.39, 0.29) is 0 Å². The maximum absolute atomic E-state index is 12.0. The molecule has 1 fully saturated rings. The third-order valence-electron chi connectivity index (χ3n) is 3.71. The van der Waals surface area contributed by atoms with Crippen molar-refractivity contribution in [3.8, 4) is 0 Å². The van der Waals surface area contributed by atoms with Crippen LogP contribution in [0.15, 0.2) is 30.5 Å². The zero-order chi connectivity index (χ0) is 12.4. The lowest BCUT2D eigenvalue weighted by Crippen LogP contribution is -2.27. The van der Waals surface area contributed by atoms with E-state index in [0.717, 1.165) is 25.0 Å². The van der Waals surface area contributed by atoms with Gasteiger partial charge in [-0.05, 0) is 42.3 Å². The molecule has 1 aliphatic rings. The highest BCUT2D eigenvalue weighted by molar-refractivity contribution is 5.80. The molecule has 1 N–H and O–H groups in total. The van der Waals surface area contributed by atoms with E-state index in [2.05, 4.69) is 29.2 Å². The molecule has 3 nitrogen and oxygen atoms in total. The molecule has 2 aromatic rings. The topological polar surface area (TPSA) is 36.1 Å². The van der Waals surface area contributed by atoms with E-state index < -0.39 is 0 Å². The lowest BCUT2D eigenvalue weighted by atomic mass is 10.1. The summed E-state index contributed by atoms with van der Waals surface area (Å²) >= 11 is 0. The molecule has 0 saturated carbocycles. The summed E-state index contributed by atoms with van der Waals surface area (Å²) in [6.45, 7) is 1.91. The Kier molecular flexibility index (Phi) is 3.05. The summed E-state index contributed by atoms with van der Waals surface area (Å²) in [6, 6.07) is 8.44. The number of rotatable bonds is 3. The van der Waals surface area contributed by atoms with Gasteiger partial charge in [-0.2, -0.15) is 0 Å². The van der Waals surface area contributed by atoms with Gasteiger partial charge in [-0.15, -0.1) is 0 Å². The molecule has 0 unspecified atom stereocenters. The zero-order valence-corrected chi connectivity index (χ0v) is 10.5. The van der Waals surface area contributed by atoms with Crippen LogP contribution in [0.5, 0.6) is 0 Å². The van der Waals surface area contributed by atoms with Gasteiger partial charge in [-0.1, -0.05) is 12.1 Å². The second kappa shape index (κ2) is 4.84. The van der Waals surface area contributed by atoms with Crippen molar-refractivity contribution in [2.75, 3.05) is 13.1 Å². The number of hydrogen-bond donors (Lipinski definition) is 1. The van der Waals surface area contributed by atoms with Gasteiger partial charge in [0.25, 0.3) is 0 Å². The summed E-state index contributed by atoms with van der Waals surface area (Å²) in [5, 5.41) is 1.23. The molecule has 0 aliphatic carbocycles. The van der Waals surface area contributed by atoms with Gasteiger partial charge >= 0.3 is 0 Å². The van der Waals surface area contributed by atoms with Crippen molar-refractivity contribution in [3.05, 3.63) is 36.0 Å². The molecule has 3 heteroatoms. The second-order valence-corrected chi connectivity index (χ2v) is 4.99. The van der Waals surface area contributed by atoms with Crippen molar-refractivity contribution in [1.82, 2.24) is 9.88 Å². The van der Waals surface area contributed by atoms with Gasteiger partial charge < -0.3 is 9.88 Å². The fourth-order valence-corrected chi connectivity index (χ4v) is 2.63. The molecule has 1 aromatic heterocycles. The van der Waals surface area contributed by atoms with Gasteiger partial charge in [0.05, 0.1) is 0 Å². The molecular weight excluding hydrogens is 224 g/mol. The summed E-state index contributed by atoms with van der Waals surface area (Å²) in [5.41, 5.74) is 2.39. The third kappa shape index (κ3) is 2.26. The maximum atomic E-state index is 12.0. The van der Waals surface area contributed by atoms with Gasteiger partial charge in [-0.25, -0.2) is 0 Å². The number of hydrogen-bond acceptors (Lipinski definition) is 1. The van der Waals surface area contributed by atoms with E-state index in [4.69, 9.17) is 0 Å². The predicted octanol–water partition coefficient (Wildman–Crippen LogP) is 2.72. The Morgan fingerprint density at radius 2 is 2.06 bits per heavy atom. The largest absolute Gasteiger partial charge is 0.361 e. The van der Waals surface area contributed by atoms with Gasteiger partial charge in [-0.3, -0.25) is 4.79 Å². The Bertz CT molecular complexity index is 552. The monoisotopic (exact) mass is 242 g/mol. The molecule has 1 aliphatic heterocycles. The van der Waals surface area contributed by atoms with Crippen molar-refractivity contribution in [2.45, 2.75) is 25.7 Å². The standard InChI is InChI=1S/C15H18N2O/c18-15(17-9-1-2-10-17)6-4-12-3-5-13-7-8-16-14(13)11-12/h3,5,7-8,11,16H,1-2,4,6,9-10H2. The molecule has 1 aromatic carbocycles. The number of nitrogens with zero attached hydrogens (tertiary/aromatic N) is 1. The number of aromatic amines is 1. The SMILES string of the molecule is O=C(CCc1ccc2cc[nH]c2c1)N1CCCC1. The smallest absolute Gasteiger partial charge is 0.222 e. The average molecular weight is 242 g/mol. The number of aryl methyl sites for hydroxylation is 1. The number of H-pyrrole nitrogens is 1. The van der Waals surface area contributed by atoms with Crippen molar-refractivity contribution in [1.29, 1.82) is 0 Å². The molecular formula is C15H18N2O. The van der Waals surface area contributed by atoms with Gasteiger partial charge in [0.1, 0.15) is 0 Å². The van der Waals surface area contributed by atoms with Crippen LogP contribution in [0.2, 0.25) is 0 Å². The molecule has 18 heavy (non-hydrogen) atoms. The molecule has 2 heterocycles. The lowest BCUT2D eigenvalue weighted by Gasteiger charge is -2.14. The number of amides is 1. The number of likely N-dealkylation sites (tertiary alicyclic amines) is 1. The number of nitrogens with one attached hydrogen (secondary N) is 1. The average Bonchev–Trinajstić information content (AvgIpc) is 3.05. The highest BCUT2D eigenvalue weighted by Gasteiger charge is 2.17. The lowest BCUT2D eigenvalue weighted by molar-refractivity contribution is -0.130. The Hall–Kier alpha value is -1.77. The highest BCUT2D eigenvalue weighted by atomic mass is 16.2. The molecule has 0 spiro atoms. The zero-order valence-electron chi connectivity index (χ0n) is 10.5. The highest BCUT2D eigenvalue weighted by Crippen LogP contribution is 2.16. The summed E-state index contributed by atoms with van der Waals surface area (Å²) in [6.07, 6.45) is 5.75. The number of benzene rings is 1. The first-order valence-electron chi connectivity index (χ1n) is 6.67. The molecule has 1 amide bonds. The van der Waals surface area contributed by atoms with E-state index in [0.29, 0.717) is 12.3 Å². The van der Waals surface area contributed by atoms with Crippen LogP contribution < -0.4 is 0 Å². The fourth-order valence-electron chi connectivity index (χ4n) is 2.63. The minimum Gasteiger partial charge on any atom is -0.361 e.